The van der Waals surface area contributed by atoms with E-state index in [2.05, 4.69) is 68.4 Å². The molecule has 1 saturated heterocycles. The Hall–Kier alpha value is -1.37. The van der Waals surface area contributed by atoms with Gasteiger partial charge in [0.15, 0.2) is 5.96 Å². The van der Waals surface area contributed by atoms with Gasteiger partial charge in [0.25, 0.3) is 0 Å². The smallest absolute Gasteiger partial charge is 0.191 e. The van der Waals surface area contributed by atoms with E-state index in [9.17, 15) is 0 Å². The van der Waals surface area contributed by atoms with E-state index in [4.69, 9.17) is 9.73 Å². The van der Waals surface area contributed by atoms with Crippen molar-refractivity contribution in [1.29, 1.82) is 0 Å². The van der Waals surface area contributed by atoms with Gasteiger partial charge in [0.05, 0.1) is 19.8 Å². The zero-order valence-corrected chi connectivity index (χ0v) is 22.2. The van der Waals surface area contributed by atoms with Crippen LogP contribution in [0.1, 0.15) is 19.7 Å². The molecule has 32 heavy (non-hydrogen) atoms. The van der Waals surface area contributed by atoms with Gasteiger partial charge >= 0.3 is 0 Å². The van der Waals surface area contributed by atoms with Gasteiger partial charge in [0.2, 0.25) is 0 Å². The maximum atomic E-state index is 5.47. The summed E-state index contributed by atoms with van der Waals surface area (Å²) in [7, 11) is 0. The maximum absolute atomic E-state index is 5.47. The molecule has 0 aliphatic carbocycles. The van der Waals surface area contributed by atoms with Crippen LogP contribution in [0.4, 0.5) is 0 Å². The molecule has 3 rings (SSSR count). The van der Waals surface area contributed by atoms with E-state index in [1.165, 1.54) is 4.90 Å². The number of halogens is 1. The summed E-state index contributed by atoms with van der Waals surface area (Å²) in [5.41, 5.74) is 0. The van der Waals surface area contributed by atoms with E-state index >= 15 is 0 Å². The lowest BCUT2D eigenvalue weighted by molar-refractivity contribution is 0.0220. The summed E-state index contributed by atoms with van der Waals surface area (Å²) >= 11 is 1.85. The first-order valence-electron chi connectivity index (χ1n) is 11.1. The van der Waals surface area contributed by atoms with Crippen LogP contribution in [0.15, 0.2) is 46.5 Å². The van der Waals surface area contributed by atoms with Crippen LogP contribution in [0.25, 0.3) is 0 Å². The maximum Gasteiger partial charge on any atom is 0.191 e. The Morgan fingerprint density at radius 1 is 1.19 bits per heavy atom. The number of ether oxygens (including phenoxy) is 1. The van der Waals surface area contributed by atoms with Crippen molar-refractivity contribution in [1.82, 2.24) is 30.3 Å². The molecule has 0 bridgehead atoms. The van der Waals surface area contributed by atoms with Crippen LogP contribution in [0.5, 0.6) is 0 Å². The van der Waals surface area contributed by atoms with Crippen molar-refractivity contribution in [2.24, 2.45) is 4.99 Å². The van der Waals surface area contributed by atoms with Crippen LogP contribution < -0.4 is 10.6 Å². The Morgan fingerprint density at radius 3 is 2.69 bits per heavy atom. The lowest BCUT2D eigenvalue weighted by Gasteiger charge is -2.31. The van der Waals surface area contributed by atoms with E-state index in [1.54, 1.807) is 6.33 Å². The molecule has 8 nitrogen and oxygen atoms in total. The first-order chi connectivity index (χ1) is 15.3. The number of morpholine rings is 1. The highest BCUT2D eigenvalue weighted by Gasteiger charge is 2.16. The highest BCUT2D eigenvalue weighted by atomic mass is 127. The molecule has 0 radical (unpaired) electrons. The number of guanidine groups is 1. The summed E-state index contributed by atoms with van der Waals surface area (Å²) in [4.78, 5) is 8.60. The summed E-state index contributed by atoms with van der Waals surface area (Å²) in [5.74, 6) is 2.85. The Balaban J connectivity index is 0.00000363. The SMILES string of the molecule is CCc1nncn1CCNC(=NCC(C)N1CCOCC1)NCCSc1ccccc1.I. The van der Waals surface area contributed by atoms with E-state index in [1.807, 2.05) is 17.8 Å². The molecule has 10 heteroatoms. The summed E-state index contributed by atoms with van der Waals surface area (Å²) < 4.78 is 7.56. The molecule has 1 aliphatic heterocycles. The fourth-order valence-electron chi connectivity index (χ4n) is 3.42. The molecule has 178 valence electrons. The zero-order chi connectivity index (χ0) is 21.7. The van der Waals surface area contributed by atoms with Crippen molar-refractivity contribution in [2.75, 3.05) is 51.7 Å². The number of aryl methyl sites for hydroxylation is 1. The second kappa shape index (κ2) is 15.5. The number of aliphatic imine (C=N–C) groups is 1. The van der Waals surface area contributed by atoms with Gasteiger partial charge in [-0.2, -0.15) is 0 Å². The fraction of sp³-hybridized carbons (Fsp3) is 0.591. The largest absolute Gasteiger partial charge is 0.379 e. The van der Waals surface area contributed by atoms with Gasteiger partial charge in [-0.15, -0.1) is 45.9 Å². The zero-order valence-electron chi connectivity index (χ0n) is 19.1. The molecule has 0 saturated carbocycles. The third-order valence-corrected chi connectivity index (χ3v) is 6.26. The number of benzene rings is 1. The molecule has 1 unspecified atom stereocenters. The van der Waals surface area contributed by atoms with Crippen LogP contribution in [0.3, 0.4) is 0 Å². The number of aromatic nitrogens is 3. The standard InChI is InChI=1S/C22H35N7OS.HI/c1-3-21-27-26-18-29(21)11-9-23-22(24-10-16-31-20-7-5-4-6-8-20)25-17-19(2)28-12-14-30-15-13-28;/h4-8,18-19H,3,9-17H2,1-2H3,(H2,23,24,25);1H. The minimum Gasteiger partial charge on any atom is -0.379 e. The topological polar surface area (TPSA) is 79.6 Å². The van der Waals surface area contributed by atoms with Gasteiger partial charge in [0.1, 0.15) is 12.2 Å². The van der Waals surface area contributed by atoms with Crippen molar-refractivity contribution < 1.29 is 4.74 Å². The average molecular weight is 574 g/mol. The second-order valence-electron chi connectivity index (χ2n) is 7.50. The lowest BCUT2D eigenvalue weighted by atomic mass is 10.2. The highest BCUT2D eigenvalue weighted by molar-refractivity contribution is 14.0. The fourth-order valence-corrected chi connectivity index (χ4v) is 4.21. The van der Waals surface area contributed by atoms with E-state index in [0.717, 1.165) is 76.4 Å². The monoisotopic (exact) mass is 573 g/mol. The molecule has 2 N–H and O–H groups in total. The molecule has 0 amide bonds. The van der Waals surface area contributed by atoms with Crippen molar-refractivity contribution >= 4 is 41.7 Å². The first kappa shape index (κ1) is 26.9. The number of nitrogens with zero attached hydrogens (tertiary/aromatic N) is 5. The van der Waals surface area contributed by atoms with Crippen LogP contribution in [-0.4, -0.2) is 83.4 Å². The molecular weight excluding hydrogens is 537 g/mol. The van der Waals surface area contributed by atoms with Gasteiger partial charge in [-0.1, -0.05) is 25.1 Å². The number of thioether (sulfide) groups is 1. The minimum atomic E-state index is 0. The Morgan fingerprint density at radius 2 is 1.94 bits per heavy atom. The predicted molar refractivity (Wildman–Crippen MR) is 142 cm³/mol. The summed E-state index contributed by atoms with van der Waals surface area (Å²) in [5, 5.41) is 15.1. The molecule has 1 fully saturated rings. The van der Waals surface area contributed by atoms with Crippen LogP contribution in [0.2, 0.25) is 0 Å². The van der Waals surface area contributed by atoms with Crippen LogP contribution in [-0.2, 0) is 17.7 Å². The Bertz CT molecular complexity index is 784. The predicted octanol–water partition coefficient (Wildman–Crippen LogP) is 2.51. The molecule has 0 spiro atoms. The van der Waals surface area contributed by atoms with Crippen molar-refractivity contribution in [3.05, 3.63) is 42.5 Å². The average Bonchev–Trinajstić information content (AvgIpc) is 3.28. The normalized spacial score (nSPS) is 15.8. The lowest BCUT2D eigenvalue weighted by Crippen LogP contribution is -2.45. The summed E-state index contributed by atoms with van der Waals surface area (Å²) in [6, 6.07) is 10.9. The van der Waals surface area contributed by atoms with Gasteiger partial charge in [0, 0.05) is 55.8 Å². The Kier molecular flexibility index (Phi) is 13.0. The molecular formula is C22H36IN7OS. The molecule has 1 aromatic heterocycles. The van der Waals surface area contributed by atoms with Gasteiger partial charge in [-0.05, 0) is 19.1 Å². The summed E-state index contributed by atoms with van der Waals surface area (Å²) in [6.07, 6.45) is 2.68. The number of nitrogens with one attached hydrogen (secondary N) is 2. The second-order valence-corrected chi connectivity index (χ2v) is 8.66. The van der Waals surface area contributed by atoms with Crippen LogP contribution in [0, 0.1) is 0 Å². The van der Waals surface area contributed by atoms with E-state index in [0.29, 0.717) is 6.04 Å². The van der Waals surface area contributed by atoms with Crippen LogP contribution >= 0.6 is 35.7 Å². The number of rotatable bonds is 11. The highest BCUT2D eigenvalue weighted by Crippen LogP contribution is 2.15. The van der Waals surface area contributed by atoms with Gasteiger partial charge in [-0.25, -0.2) is 0 Å². The quantitative estimate of drug-likeness (QED) is 0.141. The van der Waals surface area contributed by atoms with Gasteiger partial charge in [-0.3, -0.25) is 9.89 Å². The first-order valence-corrected chi connectivity index (χ1v) is 12.1. The summed E-state index contributed by atoms with van der Waals surface area (Å²) in [6.45, 7) is 11.1. The van der Waals surface area contributed by atoms with Crippen molar-refractivity contribution in [3.8, 4) is 0 Å². The third-order valence-electron chi connectivity index (χ3n) is 5.25. The molecule has 2 aromatic rings. The number of hydrogen-bond donors (Lipinski definition) is 2. The van der Waals surface area contributed by atoms with Crippen molar-refractivity contribution in [3.63, 3.8) is 0 Å². The molecule has 1 aliphatic rings. The van der Waals surface area contributed by atoms with E-state index < -0.39 is 0 Å². The molecule has 1 atom stereocenters. The molecule has 1 aromatic carbocycles. The Labute approximate surface area is 213 Å². The third kappa shape index (κ3) is 9.24. The van der Waals surface area contributed by atoms with Crippen molar-refractivity contribution in [2.45, 2.75) is 37.8 Å². The van der Waals surface area contributed by atoms with Gasteiger partial charge < -0.3 is 19.9 Å². The number of hydrogen-bond acceptors (Lipinski definition) is 6. The molecule has 2 heterocycles. The van der Waals surface area contributed by atoms with E-state index in [-0.39, 0.29) is 24.0 Å². The minimum absolute atomic E-state index is 0.